The molecule has 34 heavy (non-hydrogen) atoms. The Hall–Kier alpha value is -3.36. The van der Waals surface area contributed by atoms with Crippen LogP contribution in [-0.2, 0) is 21.2 Å². The van der Waals surface area contributed by atoms with Crippen molar-refractivity contribution in [2.75, 3.05) is 14.2 Å². The topological polar surface area (TPSA) is 93.7 Å². The second-order valence-electron chi connectivity index (χ2n) is 8.00. The molecule has 0 fully saturated rings. The molecule has 0 aliphatic heterocycles. The summed E-state index contributed by atoms with van der Waals surface area (Å²) in [5.74, 6) is 0.888. The summed E-state index contributed by atoms with van der Waals surface area (Å²) in [6, 6.07) is 19.9. The fourth-order valence-electron chi connectivity index (χ4n) is 3.60. The number of carbonyl (C=O) groups excluding carboxylic acids is 1. The lowest BCUT2D eigenvalue weighted by Crippen LogP contribution is -2.48. The van der Waals surface area contributed by atoms with Crippen LogP contribution in [0.2, 0.25) is 0 Å². The molecular weight excluding hydrogens is 452 g/mol. The number of ether oxygens (including phenoxy) is 2. The van der Waals surface area contributed by atoms with Gasteiger partial charge in [-0.3, -0.25) is 4.79 Å². The van der Waals surface area contributed by atoms with Crippen LogP contribution in [0, 0.1) is 6.92 Å². The molecule has 2 atom stereocenters. The molecule has 0 spiro atoms. The summed E-state index contributed by atoms with van der Waals surface area (Å²) < 4.78 is 39.3. The zero-order chi connectivity index (χ0) is 24.7. The van der Waals surface area contributed by atoms with E-state index in [1.807, 2.05) is 61.5 Å². The number of benzene rings is 3. The summed E-state index contributed by atoms with van der Waals surface area (Å²) in [6.07, 6.45) is 0.205. The van der Waals surface area contributed by atoms with Gasteiger partial charge >= 0.3 is 0 Å². The summed E-state index contributed by atoms with van der Waals surface area (Å²) in [4.78, 5) is 13.3. The first-order chi connectivity index (χ1) is 16.2. The molecule has 0 radical (unpaired) electrons. The Labute approximate surface area is 201 Å². The number of rotatable bonds is 10. The quantitative estimate of drug-likeness (QED) is 0.459. The lowest BCUT2D eigenvalue weighted by molar-refractivity contribution is -0.123. The predicted octanol–water partition coefficient (Wildman–Crippen LogP) is 3.78. The Morgan fingerprint density at radius 3 is 2.21 bits per heavy atom. The van der Waals surface area contributed by atoms with E-state index in [2.05, 4.69) is 10.0 Å². The number of nitrogens with one attached hydrogen (secondary N) is 2. The molecule has 8 heteroatoms. The van der Waals surface area contributed by atoms with E-state index in [4.69, 9.17) is 9.47 Å². The maximum Gasteiger partial charge on any atom is 0.241 e. The van der Waals surface area contributed by atoms with Crippen LogP contribution < -0.4 is 19.5 Å². The maximum absolute atomic E-state index is 13.2. The van der Waals surface area contributed by atoms with E-state index < -0.39 is 22.0 Å². The minimum Gasteiger partial charge on any atom is -0.497 e. The van der Waals surface area contributed by atoms with Crippen LogP contribution in [0.5, 0.6) is 11.5 Å². The molecule has 0 heterocycles. The molecule has 180 valence electrons. The summed E-state index contributed by atoms with van der Waals surface area (Å²) in [7, 11) is -0.850. The van der Waals surface area contributed by atoms with Crippen molar-refractivity contribution in [2.24, 2.45) is 0 Å². The van der Waals surface area contributed by atoms with Crippen molar-refractivity contribution >= 4 is 15.9 Å². The Morgan fingerprint density at radius 2 is 1.62 bits per heavy atom. The highest BCUT2D eigenvalue weighted by Gasteiger charge is 2.27. The summed E-state index contributed by atoms with van der Waals surface area (Å²) in [6.45, 7) is 3.61. The van der Waals surface area contributed by atoms with Gasteiger partial charge in [0.05, 0.1) is 25.2 Å². The molecule has 2 unspecified atom stereocenters. The standard InChI is InChI=1S/C26H30N2O5S/c1-18-16-23(14-15-25(18)33-4)34(30,31)28-24(17-20-8-6-5-7-9-20)26(29)27-19(2)21-10-12-22(32-3)13-11-21/h5-16,19,24,28H,17H2,1-4H3,(H,27,29). The highest BCUT2D eigenvalue weighted by atomic mass is 32.2. The molecule has 0 aliphatic rings. The van der Waals surface area contributed by atoms with Crippen LogP contribution in [0.1, 0.15) is 29.7 Å². The molecule has 3 aromatic carbocycles. The van der Waals surface area contributed by atoms with E-state index >= 15 is 0 Å². The van der Waals surface area contributed by atoms with Gasteiger partial charge in [0, 0.05) is 0 Å². The first-order valence-electron chi connectivity index (χ1n) is 10.9. The van der Waals surface area contributed by atoms with Crippen LogP contribution in [0.3, 0.4) is 0 Å². The second-order valence-corrected chi connectivity index (χ2v) is 9.71. The van der Waals surface area contributed by atoms with Gasteiger partial charge in [-0.15, -0.1) is 0 Å². The monoisotopic (exact) mass is 482 g/mol. The number of aryl methyl sites for hydroxylation is 1. The maximum atomic E-state index is 13.2. The fraction of sp³-hybridized carbons (Fsp3) is 0.269. The van der Waals surface area contributed by atoms with Gasteiger partial charge in [0.25, 0.3) is 0 Å². The van der Waals surface area contributed by atoms with Gasteiger partial charge in [-0.2, -0.15) is 4.72 Å². The van der Waals surface area contributed by atoms with Gasteiger partial charge in [0.2, 0.25) is 15.9 Å². The van der Waals surface area contributed by atoms with E-state index in [1.54, 1.807) is 20.1 Å². The molecule has 3 rings (SSSR count). The van der Waals surface area contributed by atoms with E-state index in [9.17, 15) is 13.2 Å². The van der Waals surface area contributed by atoms with E-state index in [0.29, 0.717) is 17.1 Å². The van der Waals surface area contributed by atoms with Crippen LogP contribution >= 0.6 is 0 Å². The molecule has 3 aromatic rings. The van der Waals surface area contributed by atoms with Crippen LogP contribution in [0.4, 0.5) is 0 Å². The van der Waals surface area contributed by atoms with E-state index in [1.165, 1.54) is 19.2 Å². The van der Waals surface area contributed by atoms with Crippen LogP contribution in [0.15, 0.2) is 77.7 Å². The molecule has 0 saturated carbocycles. The molecular formula is C26H30N2O5S. The smallest absolute Gasteiger partial charge is 0.241 e. The zero-order valence-electron chi connectivity index (χ0n) is 19.7. The van der Waals surface area contributed by atoms with Crippen molar-refractivity contribution < 1.29 is 22.7 Å². The van der Waals surface area contributed by atoms with Gasteiger partial charge in [-0.25, -0.2) is 8.42 Å². The van der Waals surface area contributed by atoms with Crippen molar-refractivity contribution in [2.45, 2.75) is 37.2 Å². The number of hydrogen-bond donors (Lipinski definition) is 2. The third kappa shape index (κ3) is 6.36. The Morgan fingerprint density at radius 1 is 0.941 bits per heavy atom. The van der Waals surface area contributed by atoms with Crippen molar-refractivity contribution in [1.82, 2.24) is 10.0 Å². The van der Waals surface area contributed by atoms with Crippen molar-refractivity contribution in [3.05, 3.63) is 89.5 Å². The Balaban J connectivity index is 1.83. The average Bonchev–Trinajstić information content (AvgIpc) is 2.84. The van der Waals surface area contributed by atoms with Gasteiger partial charge in [-0.1, -0.05) is 42.5 Å². The summed E-state index contributed by atoms with van der Waals surface area (Å²) >= 11 is 0. The van der Waals surface area contributed by atoms with Gasteiger partial charge in [0.15, 0.2) is 0 Å². The van der Waals surface area contributed by atoms with Crippen LogP contribution in [0.25, 0.3) is 0 Å². The van der Waals surface area contributed by atoms with Gasteiger partial charge < -0.3 is 14.8 Å². The first kappa shape index (κ1) is 25.3. The second kappa shape index (κ2) is 11.2. The third-order valence-electron chi connectivity index (χ3n) is 5.55. The summed E-state index contributed by atoms with van der Waals surface area (Å²) in [5.41, 5.74) is 2.40. The highest BCUT2D eigenvalue weighted by Crippen LogP contribution is 2.22. The minimum absolute atomic E-state index is 0.0693. The van der Waals surface area contributed by atoms with Crippen molar-refractivity contribution in [3.63, 3.8) is 0 Å². The molecule has 0 saturated heterocycles. The largest absolute Gasteiger partial charge is 0.497 e. The number of hydrogen-bond acceptors (Lipinski definition) is 5. The fourth-order valence-corrected chi connectivity index (χ4v) is 4.88. The molecule has 0 bridgehead atoms. The molecule has 1 amide bonds. The zero-order valence-corrected chi connectivity index (χ0v) is 20.6. The molecule has 0 aliphatic carbocycles. The van der Waals surface area contributed by atoms with Crippen molar-refractivity contribution in [1.29, 1.82) is 0 Å². The number of sulfonamides is 1. The molecule has 7 nitrogen and oxygen atoms in total. The molecule has 2 N–H and O–H groups in total. The number of amides is 1. The van der Waals surface area contributed by atoms with Crippen LogP contribution in [-0.4, -0.2) is 34.6 Å². The molecule has 0 aromatic heterocycles. The Kier molecular flexibility index (Phi) is 8.31. The van der Waals surface area contributed by atoms with Gasteiger partial charge in [0.1, 0.15) is 17.5 Å². The summed E-state index contributed by atoms with van der Waals surface area (Å²) in [5, 5.41) is 2.93. The third-order valence-corrected chi connectivity index (χ3v) is 7.02. The number of carbonyl (C=O) groups is 1. The SMILES string of the molecule is COc1ccc(C(C)NC(=O)C(Cc2ccccc2)NS(=O)(=O)c2ccc(OC)c(C)c2)cc1. The number of methoxy groups -OCH3 is 2. The minimum atomic E-state index is -3.96. The van der Waals surface area contributed by atoms with E-state index in [0.717, 1.165) is 11.1 Å². The van der Waals surface area contributed by atoms with Gasteiger partial charge in [-0.05, 0) is 67.3 Å². The predicted molar refractivity (Wildman–Crippen MR) is 132 cm³/mol. The Bertz CT molecular complexity index is 1210. The van der Waals surface area contributed by atoms with Crippen molar-refractivity contribution in [3.8, 4) is 11.5 Å². The highest BCUT2D eigenvalue weighted by molar-refractivity contribution is 7.89. The van der Waals surface area contributed by atoms with E-state index in [-0.39, 0.29) is 17.4 Å². The first-order valence-corrected chi connectivity index (χ1v) is 12.4. The average molecular weight is 483 g/mol. The normalized spacial score (nSPS) is 13.1. The lowest BCUT2D eigenvalue weighted by Gasteiger charge is -2.22. The lowest BCUT2D eigenvalue weighted by atomic mass is 10.0.